The Morgan fingerprint density at radius 1 is 1.09 bits per heavy atom. The van der Waals surface area contributed by atoms with E-state index in [4.69, 9.17) is 4.74 Å². The van der Waals surface area contributed by atoms with Crippen molar-refractivity contribution in [2.45, 2.75) is 43.9 Å². The Kier molecular flexibility index (Phi) is 7.00. The lowest BCUT2D eigenvalue weighted by Crippen LogP contribution is -2.43. The number of amides is 1. The normalized spacial score (nSPS) is 13.6. The highest BCUT2D eigenvalue weighted by Crippen LogP contribution is 2.37. The van der Waals surface area contributed by atoms with Gasteiger partial charge >= 0.3 is 0 Å². The second-order valence-electron chi connectivity index (χ2n) is 8.56. The van der Waals surface area contributed by atoms with Gasteiger partial charge in [-0.1, -0.05) is 12.1 Å². The summed E-state index contributed by atoms with van der Waals surface area (Å²) in [5.41, 5.74) is 1.76. The molecule has 35 heavy (non-hydrogen) atoms. The number of benzene rings is 2. The Labute approximate surface area is 213 Å². The molecule has 0 fully saturated rings. The predicted octanol–water partition coefficient (Wildman–Crippen LogP) is 5.04. The number of hydrogen-bond acceptors (Lipinski definition) is 8. The lowest BCUT2D eigenvalue weighted by atomic mass is 10.1. The van der Waals surface area contributed by atoms with Gasteiger partial charge < -0.3 is 20.3 Å². The molecule has 11 heteroatoms. The van der Waals surface area contributed by atoms with E-state index >= 15 is 0 Å². The number of sulfone groups is 1. The number of hydrogen-bond donors (Lipinski definition) is 2. The molecule has 0 unspecified atom stereocenters. The van der Waals surface area contributed by atoms with Crippen molar-refractivity contribution < 1.29 is 17.9 Å². The van der Waals surface area contributed by atoms with Crippen LogP contribution in [0.2, 0.25) is 0 Å². The standard InChI is InChI=1S/C24H26BrN5O4S/c1-14(2)30-19-11-16(9-10-20(19)34-13-22(30)31)27-24-26-12-17(25)23(29-24)28-18-7-5-6-8-21(18)35(32,33)15(3)4/h5-12,14-15H,13H2,1-4H3,(H2,26,27,28,29). The molecule has 3 aromatic rings. The lowest BCUT2D eigenvalue weighted by Gasteiger charge is -2.32. The number of carbonyl (C=O) groups excluding carboxylic acids is 1. The number of nitrogens with one attached hydrogen (secondary N) is 2. The minimum atomic E-state index is -3.51. The second kappa shape index (κ2) is 9.82. The van der Waals surface area contributed by atoms with Gasteiger partial charge in [-0.05, 0) is 74.0 Å². The van der Waals surface area contributed by atoms with Crippen LogP contribution in [0, 0.1) is 0 Å². The molecule has 2 heterocycles. The summed E-state index contributed by atoms with van der Waals surface area (Å²) in [5, 5.41) is 5.70. The van der Waals surface area contributed by atoms with Crippen LogP contribution in [-0.4, -0.2) is 42.2 Å². The molecule has 0 aliphatic carbocycles. The van der Waals surface area contributed by atoms with Gasteiger partial charge in [-0.15, -0.1) is 0 Å². The van der Waals surface area contributed by atoms with Crippen LogP contribution in [0.15, 0.2) is 58.0 Å². The van der Waals surface area contributed by atoms with Crippen LogP contribution in [0.1, 0.15) is 27.7 Å². The van der Waals surface area contributed by atoms with E-state index in [1.54, 1.807) is 55.3 Å². The fourth-order valence-corrected chi connectivity index (χ4v) is 5.15. The Bertz CT molecular complexity index is 1380. The van der Waals surface area contributed by atoms with E-state index in [-0.39, 0.29) is 23.5 Å². The van der Waals surface area contributed by atoms with Gasteiger partial charge in [-0.2, -0.15) is 4.98 Å². The van der Waals surface area contributed by atoms with E-state index in [2.05, 4.69) is 36.5 Å². The number of carbonyl (C=O) groups is 1. The number of rotatable bonds is 7. The Balaban J connectivity index is 1.64. The molecule has 1 aromatic heterocycles. The first-order valence-corrected chi connectivity index (χ1v) is 13.4. The zero-order valence-electron chi connectivity index (χ0n) is 19.7. The maximum absolute atomic E-state index is 12.8. The smallest absolute Gasteiger partial charge is 0.265 e. The van der Waals surface area contributed by atoms with Crippen LogP contribution in [0.5, 0.6) is 5.75 Å². The van der Waals surface area contributed by atoms with E-state index in [0.29, 0.717) is 39.1 Å². The largest absolute Gasteiger partial charge is 0.482 e. The van der Waals surface area contributed by atoms with Gasteiger partial charge in [0.15, 0.2) is 16.4 Å². The molecule has 4 rings (SSSR count). The van der Waals surface area contributed by atoms with E-state index in [9.17, 15) is 13.2 Å². The summed E-state index contributed by atoms with van der Waals surface area (Å²) in [4.78, 5) is 23.1. The van der Waals surface area contributed by atoms with Gasteiger partial charge in [-0.3, -0.25) is 4.79 Å². The fraction of sp³-hybridized carbons (Fsp3) is 0.292. The molecule has 0 radical (unpaired) electrons. The summed E-state index contributed by atoms with van der Waals surface area (Å²) in [6, 6.07) is 12.1. The number of halogens is 1. The summed E-state index contributed by atoms with van der Waals surface area (Å²) in [5.74, 6) is 1.21. The predicted molar refractivity (Wildman–Crippen MR) is 140 cm³/mol. The SMILES string of the molecule is CC(C)N1C(=O)COc2ccc(Nc3ncc(Br)c(Nc4ccccc4S(=O)(=O)C(C)C)n3)cc21. The summed E-state index contributed by atoms with van der Waals surface area (Å²) in [7, 11) is -3.51. The van der Waals surface area contributed by atoms with Gasteiger partial charge in [0.25, 0.3) is 5.91 Å². The molecule has 184 valence electrons. The Morgan fingerprint density at radius 2 is 1.83 bits per heavy atom. The zero-order valence-corrected chi connectivity index (χ0v) is 22.1. The number of para-hydroxylation sites is 1. The third kappa shape index (κ3) is 5.10. The Hall–Kier alpha value is -3.18. The average Bonchev–Trinajstić information content (AvgIpc) is 2.81. The van der Waals surface area contributed by atoms with E-state index in [1.807, 2.05) is 26.0 Å². The van der Waals surface area contributed by atoms with Gasteiger partial charge in [-0.25, -0.2) is 13.4 Å². The van der Waals surface area contributed by atoms with Crippen molar-refractivity contribution in [1.82, 2.24) is 9.97 Å². The molecule has 2 N–H and O–H groups in total. The third-order valence-corrected chi connectivity index (χ3v) is 8.21. The molecular weight excluding hydrogens is 534 g/mol. The number of ether oxygens (including phenoxy) is 1. The number of nitrogens with zero attached hydrogens (tertiary/aromatic N) is 3. The summed E-state index contributed by atoms with van der Waals surface area (Å²) >= 11 is 3.43. The van der Waals surface area contributed by atoms with Crippen LogP contribution in [0.25, 0.3) is 0 Å². The highest BCUT2D eigenvalue weighted by Gasteiger charge is 2.28. The monoisotopic (exact) mass is 559 g/mol. The second-order valence-corrected chi connectivity index (χ2v) is 11.9. The maximum Gasteiger partial charge on any atom is 0.265 e. The van der Waals surface area contributed by atoms with Crippen molar-refractivity contribution >= 4 is 60.5 Å². The summed E-state index contributed by atoms with van der Waals surface area (Å²) < 4.78 is 31.8. The quantitative estimate of drug-likeness (QED) is 0.413. The number of aromatic nitrogens is 2. The molecule has 0 bridgehead atoms. The molecule has 1 aliphatic heterocycles. The van der Waals surface area contributed by atoms with Gasteiger partial charge in [0.05, 0.1) is 26.0 Å². The zero-order chi connectivity index (χ0) is 25.3. The lowest BCUT2D eigenvalue weighted by molar-refractivity contribution is -0.121. The van der Waals surface area contributed by atoms with E-state index in [1.165, 1.54) is 0 Å². The van der Waals surface area contributed by atoms with E-state index in [0.717, 1.165) is 0 Å². The van der Waals surface area contributed by atoms with Crippen molar-refractivity contribution in [3.63, 3.8) is 0 Å². The van der Waals surface area contributed by atoms with Crippen molar-refractivity contribution in [3.05, 3.63) is 53.1 Å². The first-order chi connectivity index (χ1) is 16.6. The first-order valence-electron chi connectivity index (χ1n) is 11.1. The molecule has 0 saturated heterocycles. The molecule has 2 aromatic carbocycles. The summed E-state index contributed by atoms with van der Waals surface area (Å²) in [6.07, 6.45) is 1.57. The molecule has 0 spiro atoms. The number of anilines is 5. The Morgan fingerprint density at radius 3 is 2.54 bits per heavy atom. The average molecular weight is 560 g/mol. The highest BCUT2D eigenvalue weighted by atomic mass is 79.9. The molecule has 9 nitrogen and oxygen atoms in total. The first kappa shape index (κ1) is 24.9. The van der Waals surface area contributed by atoms with Crippen LogP contribution in [-0.2, 0) is 14.6 Å². The third-order valence-electron chi connectivity index (χ3n) is 5.42. The van der Waals surface area contributed by atoms with Gasteiger partial charge in [0.2, 0.25) is 5.95 Å². The van der Waals surface area contributed by atoms with Crippen LogP contribution in [0.4, 0.5) is 28.8 Å². The maximum atomic E-state index is 12.8. The van der Waals surface area contributed by atoms with Gasteiger partial charge in [0.1, 0.15) is 11.6 Å². The summed E-state index contributed by atoms with van der Waals surface area (Å²) in [6.45, 7) is 7.19. The molecule has 1 amide bonds. The van der Waals surface area contributed by atoms with Gasteiger partial charge in [0, 0.05) is 17.9 Å². The van der Waals surface area contributed by atoms with E-state index < -0.39 is 15.1 Å². The van der Waals surface area contributed by atoms with Crippen LogP contribution in [0.3, 0.4) is 0 Å². The topological polar surface area (TPSA) is 114 Å². The minimum absolute atomic E-state index is 0.0107. The molecular formula is C24H26BrN5O4S. The fourth-order valence-electron chi connectivity index (χ4n) is 3.66. The highest BCUT2D eigenvalue weighted by molar-refractivity contribution is 9.10. The van der Waals surface area contributed by atoms with Crippen molar-refractivity contribution in [2.75, 3.05) is 22.1 Å². The van der Waals surface area contributed by atoms with Crippen molar-refractivity contribution in [2.24, 2.45) is 0 Å². The van der Waals surface area contributed by atoms with Crippen LogP contribution < -0.4 is 20.3 Å². The number of fused-ring (bicyclic) bond motifs is 1. The van der Waals surface area contributed by atoms with Crippen molar-refractivity contribution in [1.29, 1.82) is 0 Å². The van der Waals surface area contributed by atoms with Crippen molar-refractivity contribution in [3.8, 4) is 5.75 Å². The minimum Gasteiger partial charge on any atom is -0.482 e. The molecule has 0 atom stereocenters. The molecule has 1 aliphatic rings. The molecule has 0 saturated carbocycles. The van der Waals surface area contributed by atoms with Crippen LogP contribution >= 0.6 is 15.9 Å².